The molecule has 0 spiro atoms. The summed E-state index contributed by atoms with van der Waals surface area (Å²) in [7, 11) is 0. The largest absolute Gasteiger partial charge is 0.326 e. The molecule has 0 aliphatic rings. The van der Waals surface area contributed by atoms with Crippen LogP contribution < -0.4 is 5.32 Å². The van der Waals surface area contributed by atoms with Crippen LogP contribution in [0, 0.1) is 0 Å². The van der Waals surface area contributed by atoms with Crippen molar-refractivity contribution in [1.29, 1.82) is 0 Å². The summed E-state index contributed by atoms with van der Waals surface area (Å²) in [5, 5.41) is 2.56. The Bertz CT molecular complexity index is 371. The fourth-order valence-electron chi connectivity index (χ4n) is 1.15. The number of hydrogen-bond donors (Lipinski definition) is 1. The number of alkyl halides is 1. The van der Waals surface area contributed by atoms with Crippen LogP contribution in [-0.4, -0.2) is 17.9 Å². The lowest BCUT2D eigenvalue weighted by Gasteiger charge is -2.04. The molecule has 0 saturated heterocycles. The lowest BCUT2D eigenvalue weighted by atomic mass is 10.1. The summed E-state index contributed by atoms with van der Waals surface area (Å²) in [6.07, 6.45) is -1.50. The summed E-state index contributed by atoms with van der Waals surface area (Å²) in [4.78, 5) is 21.9. The first-order chi connectivity index (χ1) is 7.00. The van der Waals surface area contributed by atoms with Crippen LogP contribution in [0.2, 0.25) is 0 Å². The average molecular weight is 209 g/mol. The molecule has 1 unspecified atom stereocenters. The highest BCUT2D eigenvalue weighted by molar-refractivity contribution is 5.99. The minimum absolute atomic E-state index is 0.187. The maximum atomic E-state index is 12.7. The first-order valence-corrected chi connectivity index (χ1v) is 4.56. The Morgan fingerprint density at radius 2 is 1.80 bits per heavy atom. The van der Waals surface area contributed by atoms with E-state index in [1.54, 1.807) is 12.1 Å². The zero-order chi connectivity index (χ0) is 11.4. The molecule has 15 heavy (non-hydrogen) atoms. The predicted molar refractivity (Wildman–Crippen MR) is 55.6 cm³/mol. The van der Waals surface area contributed by atoms with E-state index >= 15 is 0 Å². The van der Waals surface area contributed by atoms with Crippen LogP contribution >= 0.6 is 0 Å². The number of nitrogens with one attached hydrogen (secondary N) is 1. The lowest BCUT2D eigenvalue weighted by Crippen LogP contribution is -2.11. The summed E-state index contributed by atoms with van der Waals surface area (Å²) in [6.45, 7) is 2.59. The number of rotatable bonds is 3. The van der Waals surface area contributed by atoms with Gasteiger partial charge in [0.2, 0.25) is 5.91 Å². The molecule has 0 aliphatic heterocycles. The third-order valence-electron chi connectivity index (χ3n) is 1.85. The van der Waals surface area contributed by atoms with Crippen molar-refractivity contribution >= 4 is 17.4 Å². The minimum Gasteiger partial charge on any atom is -0.326 e. The van der Waals surface area contributed by atoms with Gasteiger partial charge in [0.15, 0.2) is 12.0 Å². The molecule has 80 valence electrons. The van der Waals surface area contributed by atoms with E-state index in [0.717, 1.165) is 0 Å². The van der Waals surface area contributed by atoms with E-state index in [-0.39, 0.29) is 5.91 Å². The molecule has 1 aromatic carbocycles. The van der Waals surface area contributed by atoms with Gasteiger partial charge in [0.05, 0.1) is 0 Å². The van der Waals surface area contributed by atoms with Crippen molar-refractivity contribution in [3.05, 3.63) is 29.8 Å². The van der Waals surface area contributed by atoms with Crippen molar-refractivity contribution in [3.63, 3.8) is 0 Å². The summed E-state index contributed by atoms with van der Waals surface area (Å²) in [5.41, 5.74) is 0.893. The van der Waals surface area contributed by atoms with Gasteiger partial charge in [0.25, 0.3) is 0 Å². The number of hydrogen-bond acceptors (Lipinski definition) is 2. The third-order valence-corrected chi connectivity index (χ3v) is 1.85. The van der Waals surface area contributed by atoms with Crippen molar-refractivity contribution in [2.45, 2.75) is 20.0 Å². The molecule has 0 bridgehead atoms. The maximum Gasteiger partial charge on any atom is 0.221 e. The Morgan fingerprint density at radius 1 is 1.27 bits per heavy atom. The third kappa shape index (κ3) is 3.16. The van der Waals surface area contributed by atoms with Gasteiger partial charge in [0, 0.05) is 18.2 Å². The van der Waals surface area contributed by atoms with E-state index < -0.39 is 12.0 Å². The standard InChI is InChI=1S/C11H12FNO2/c1-7(12)11(15)9-3-5-10(6-4-9)13-8(2)14/h3-7H,1-2H3,(H,13,14). The number of carbonyl (C=O) groups is 2. The summed E-state index contributed by atoms with van der Waals surface area (Å²) in [5.74, 6) is -0.739. The Kier molecular flexibility index (Phi) is 3.55. The van der Waals surface area contributed by atoms with E-state index in [0.29, 0.717) is 11.3 Å². The molecule has 1 rings (SSSR count). The van der Waals surface area contributed by atoms with Crippen LogP contribution in [0.25, 0.3) is 0 Å². The summed E-state index contributed by atoms with van der Waals surface area (Å²) >= 11 is 0. The quantitative estimate of drug-likeness (QED) is 0.775. The second kappa shape index (κ2) is 4.68. The molecular formula is C11H12FNO2. The minimum atomic E-state index is -1.50. The molecule has 1 aromatic rings. The molecule has 0 fully saturated rings. The molecule has 0 heterocycles. The molecule has 0 saturated carbocycles. The van der Waals surface area contributed by atoms with E-state index in [9.17, 15) is 14.0 Å². The van der Waals surface area contributed by atoms with Gasteiger partial charge < -0.3 is 5.32 Å². The molecule has 4 heteroatoms. The lowest BCUT2D eigenvalue weighted by molar-refractivity contribution is -0.114. The van der Waals surface area contributed by atoms with Crippen molar-refractivity contribution < 1.29 is 14.0 Å². The number of benzene rings is 1. The van der Waals surface area contributed by atoms with Crippen molar-refractivity contribution in [2.75, 3.05) is 5.32 Å². The van der Waals surface area contributed by atoms with Gasteiger partial charge in [-0.2, -0.15) is 0 Å². The van der Waals surface area contributed by atoms with Gasteiger partial charge in [-0.1, -0.05) is 0 Å². The van der Waals surface area contributed by atoms with Crippen LogP contribution in [0.3, 0.4) is 0 Å². The van der Waals surface area contributed by atoms with Crippen LogP contribution in [0.4, 0.5) is 10.1 Å². The van der Waals surface area contributed by atoms with Crippen molar-refractivity contribution in [2.24, 2.45) is 0 Å². The fourth-order valence-corrected chi connectivity index (χ4v) is 1.15. The van der Waals surface area contributed by atoms with E-state index in [2.05, 4.69) is 5.32 Å². The highest BCUT2D eigenvalue weighted by Crippen LogP contribution is 2.12. The molecule has 1 N–H and O–H groups in total. The highest BCUT2D eigenvalue weighted by atomic mass is 19.1. The first-order valence-electron chi connectivity index (χ1n) is 4.56. The normalized spacial score (nSPS) is 11.9. The molecule has 1 atom stereocenters. The Labute approximate surface area is 87.3 Å². The highest BCUT2D eigenvalue weighted by Gasteiger charge is 2.13. The van der Waals surface area contributed by atoms with E-state index in [1.807, 2.05) is 0 Å². The number of ketones is 1. The molecule has 0 aliphatic carbocycles. The number of Topliss-reactive ketones (excluding diaryl/α,β-unsaturated/α-hetero) is 1. The van der Waals surface area contributed by atoms with Gasteiger partial charge in [-0.3, -0.25) is 9.59 Å². The topological polar surface area (TPSA) is 46.2 Å². The predicted octanol–water partition coefficient (Wildman–Crippen LogP) is 2.19. The van der Waals surface area contributed by atoms with Gasteiger partial charge in [-0.05, 0) is 31.2 Å². The van der Waals surface area contributed by atoms with Crippen LogP contribution in [-0.2, 0) is 4.79 Å². The SMILES string of the molecule is CC(=O)Nc1ccc(C(=O)C(C)F)cc1. The maximum absolute atomic E-state index is 12.7. The van der Waals surface area contributed by atoms with Crippen molar-refractivity contribution in [3.8, 4) is 0 Å². The fraction of sp³-hybridized carbons (Fsp3) is 0.273. The van der Waals surface area contributed by atoms with E-state index in [1.165, 1.54) is 26.0 Å². The van der Waals surface area contributed by atoms with Crippen LogP contribution in [0.15, 0.2) is 24.3 Å². The van der Waals surface area contributed by atoms with Crippen LogP contribution in [0.1, 0.15) is 24.2 Å². The molecule has 0 radical (unpaired) electrons. The van der Waals surface area contributed by atoms with Gasteiger partial charge in [0.1, 0.15) is 0 Å². The molecule has 3 nitrogen and oxygen atoms in total. The Morgan fingerprint density at radius 3 is 2.20 bits per heavy atom. The monoisotopic (exact) mass is 209 g/mol. The van der Waals surface area contributed by atoms with E-state index in [4.69, 9.17) is 0 Å². The zero-order valence-corrected chi connectivity index (χ0v) is 8.58. The van der Waals surface area contributed by atoms with Crippen LogP contribution in [0.5, 0.6) is 0 Å². The smallest absolute Gasteiger partial charge is 0.221 e. The average Bonchev–Trinajstić information content (AvgIpc) is 2.17. The number of anilines is 1. The number of amides is 1. The number of carbonyl (C=O) groups excluding carboxylic acids is 2. The summed E-state index contributed by atoms with van der Waals surface area (Å²) < 4.78 is 12.7. The zero-order valence-electron chi connectivity index (χ0n) is 8.58. The molecule has 1 amide bonds. The van der Waals surface area contributed by atoms with Gasteiger partial charge in [-0.15, -0.1) is 0 Å². The second-order valence-electron chi connectivity index (χ2n) is 3.24. The molecule has 0 aromatic heterocycles. The van der Waals surface area contributed by atoms with Crippen molar-refractivity contribution in [1.82, 2.24) is 0 Å². The first kappa shape index (κ1) is 11.4. The Balaban J connectivity index is 2.81. The van der Waals surface area contributed by atoms with Gasteiger partial charge >= 0.3 is 0 Å². The summed E-state index contributed by atoms with van der Waals surface area (Å²) in [6, 6.07) is 6.11. The second-order valence-corrected chi connectivity index (χ2v) is 3.24. The Hall–Kier alpha value is -1.71. The van der Waals surface area contributed by atoms with Gasteiger partial charge in [-0.25, -0.2) is 4.39 Å². The number of halogens is 1. The molecular weight excluding hydrogens is 197 g/mol.